The van der Waals surface area contributed by atoms with Crippen LogP contribution >= 0.6 is 0 Å². The quantitative estimate of drug-likeness (QED) is 0.700. The highest BCUT2D eigenvalue weighted by molar-refractivity contribution is 5.96. The third-order valence-electron chi connectivity index (χ3n) is 2.54. The molecule has 84 valence electrons. The molecule has 0 saturated carbocycles. The summed E-state index contributed by atoms with van der Waals surface area (Å²) in [6, 6.07) is 5.98. The molecule has 3 N–H and O–H groups in total. The summed E-state index contributed by atoms with van der Waals surface area (Å²) in [5, 5.41) is 14.4. The number of anilines is 1. The van der Waals surface area contributed by atoms with Gasteiger partial charge in [-0.25, -0.2) is 4.79 Å². The molecule has 1 aromatic carbocycles. The molecular formula is C11H12N2O3. The maximum absolute atomic E-state index is 11.5. The zero-order valence-electron chi connectivity index (χ0n) is 8.56. The lowest BCUT2D eigenvalue weighted by atomic mass is 10.1. The average molecular weight is 220 g/mol. The molecule has 1 saturated heterocycles. The number of carboxylic acids is 1. The van der Waals surface area contributed by atoms with Crippen molar-refractivity contribution in [1.29, 1.82) is 0 Å². The molecule has 0 aromatic heterocycles. The van der Waals surface area contributed by atoms with Gasteiger partial charge in [-0.2, -0.15) is 0 Å². The second-order valence-electron chi connectivity index (χ2n) is 3.67. The number of carbonyl (C=O) groups is 2. The van der Waals surface area contributed by atoms with E-state index in [0.717, 1.165) is 13.0 Å². The van der Waals surface area contributed by atoms with E-state index in [1.807, 2.05) is 0 Å². The maximum Gasteiger partial charge on any atom is 0.335 e. The van der Waals surface area contributed by atoms with Gasteiger partial charge in [-0.1, -0.05) is 0 Å². The fourth-order valence-corrected chi connectivity index (χ4v) is 1.44. The van der Waals surface area contributed by atoms with Gasteiger partial charge in [0.1, 0.15) is 0 Å². The molecule has 1 aromatic rings. The lowest BCUT2D eigenvalue weighted by Crippen LogP contribution is -2.50. The SMILES string of the molecule is O=C(O)c1ccc(NC(=O)[C@H]2CCN2)cc1. The van der Waals surface area contributed by atoms with Gasteiger partial charge < -0.3 is 15.7 Å². The monoisotopic (exact) mass is 220 g/mol. The van der Waals surface area contributed by atoms with Gasteiger partial charge >= 0.3 is 5.97 Å². The van der Waals surface area contributed by atoms with Crippen LogP contribution in [0, 0.1) is 0 Å². The topological polar surface area (TPSA) is 78.4 Å². The Morgan fingerprint density at radius 3 is 2.38 bits per heavy atom. The summed E-state index contributed by atoms with van der Waals surface area (Å²) in [5.41, 5.74) is 0.823. The van der Waals surface area contributed by atoms with Gasteiger partial charge in [0.15, 0.2) is 0 Å². The number of hydrogen-bond donors (Lipinski definition) is 3. The van der Waals surface area contributed by atoms with Crippen LogP contribution in [0.1, 0.15) is 16.8 Å². The van der Waals surface area contributed by atoms with Crippen LogP contribution in [0.15, 0.2) is 24.3 Å². The Morgan fingerprint density at radius 1 is 1.31 bits per heavy atom. The van der Waals surface area contributed by atoms with Gasteiger partial charge in [0.2, 0.25) is 5.91 Å². The van der Waals surface area contributed by atoms with Crippen molar-refractivity contribution in [1.82, 2.24) is 5.32 Å². The van der Waals surface area contributed by atoms with Crippen molar-refractivity contribution in [3.8, 4) is 0 Å². The van der Waals surface area contributed by atoms with E-state index in [4.69, 9.17) is 5.11 Å². The fourth-order valence-electron chi connectivity index (χ4n) is 1.44. The first-order chi connectivity index (χ1) is 7.66. The van der Waals surface area contributed by atoms with E-state index < -0.39 is 5.97 Å². The first kappa shape index (κ1) is 10.6. The van der Waals surface area contributed by atoms with E-state index in [1.54, 1.807) is 12.1 Å². The number of aromatic carboxylic acids is 1. The van der Waals surface area contributed by atoms with Gasteiger partial charge in [0, 0.05) is 5.69 Å². The Bertz CT molecular complexity index is 410. The van der Waals surface area contributed by atoms with Crippen LogP contribution in [0.4, 0.5) is 5.69 Å². The fraction of sp³-hybridized carbons (Fsp3) is 0.273. The molecule has 0 spiro atoms. The van der Waals surface area contributed by atoms with Crippen molar-refractivity contribution < 1.29 is 14.7 Å². The zero-order valence-corrected chi connectivity index (χ0v) is 8.56. The lowest BCUT2D eigenvalue weighted by molar-refractivity contribution is -0.119. The van der Waals surface area contributed by atoms with Gasteiger partial charge in [-0.15, -0.1) is 0 Å². The number of nitrogens with one attached hydrogen (secondary N) is 2. The number of hydrogen-bond acceptors (Lipinski definition) is 3. The summed E-state index contributed by atoms with van der Waals surface area (Å²) in [4.78, 5) is 22.1. The van der Waals surface area contributed by atoms with Gasteiger partial charge in [0.05, 0.1) is 11.6 Å². The summed E-state index contributed by atoms with van der Waals surface area (Å²) in [6.45, 7) is 0.871. The van der Waals surface area contributed by atoms with E-state index >= 15 is 0 Å². The minimum atomic E-state index is -0.974. The van der Waals surface area contributed by atoms with Crippen LogP contribution < -0.4 is 10.6 Å². The molecule has 2 rings (SSSR count). The van der Waals surface area contributed by atoms with Crippen LogP contribution in [0.5, 0.6) is 0 Å². The molecule has 5 heteroatoms. The Hall–Kier alpha value is -1.88. The first-order valence-electron chi connectivity index (χ1n) is 5.04. The van der Waals surface area contributed by atoms with E-state index in [-0.39, 0.29) is 17.5 Å². The molecule has 1 aliphatic heterocycles. The number of benzene rings is 1. The number of carboxylic acid groups (broad SMARTS) is 1. The van der Waals surface area contributed by atoms with Gasteiger partial charge in [-0.05, 0) is 37.2 Å². The van der Waals surface area contributed by atoms with Crippen molar-refractivity contribution in [2.45, 2.75) is 12.5 Å². The summed E-state index contributed by atoms with van der Waals surface area (Å²) in [5.74, 6) is -1.05. The van der Waals surface area contributed by atoms with Crippen molar-refractivity contribution in [2.24, 2.45) is 0 Å². The van der Waals surface area contributed by atoms with Crippen LogP contribution in [0.2, 0.25) is 0 Å². The van der Waals surface area contributed by atoms with Crippen molar-refractivity contribution >= 4 is 17.6 Å². The third kappa shape index (κ3) is 2.20. The Labute approximate surface area is 92.5 Å². The lowest BCUT2D eigenvalue weighted by Gasteiger charge is -2.26. The molecule has 1 fully saturated rings. The molecular weight excluding hydrogens is 208 g/mol. The van der Waals surface area contributed by atoms with Crippen LogP contribution in [0.3, 0.4) is 0 Å². The van der Waals surface area contributed by atoms with Gasteiger partial charge in [-0.3, -0.25) is 4.79 Å². The number of rotatable bonds is 3. The van der Waals surface area contributed by atoms with Gasteiger partial charge in [0.25, 0.3) is 0 Å². The zero-order chi connectivity index (χ0) is 11.5. The van der Waals surface area contributed by atoms with Crippen molar-refractivity contribution in [2.75, 3.05) is 11.9 Å². The maximum atomic E-state index is 11.5. The molecule has 1 heterocycles. The minimum absolute atomic E-state index is 0.0747. The van der Waals surface area contributed by atoms with E-state index in [9.17, 15) is 9.59 Å². The standard InChI is InChI=1S/C11H12N2O3/c14-10(9-5-6-12-9)13-8-3-1-7(2-4-8)11(15)16/h1-4,9,12H,5-6H2,(H,13,14)(H,15,16)/t9-/m1/s1. The molecule has 1 atom stereocenters. The molecule has 0 aliphatic carbocycles. The van der Waals surface area contributed by atoms with Crippen LogP contribution in [-0.2, 0) is 4.79 Å². The molecule has 0 radical (unpaired) electrons. The molecule has 1 amide bonds. The molecule has 16 heavy (non-hydrogen) atoms. The van der Waals surface area contributed by atoms with Crippen LogP contribution in [-0.4, -0.2) is 29.6 Å². The summed E-state index contributed by atoms with van der Waals surface area (Å²) in [6.07, 6.45) is 0.846. The Morgan fingerprint density at radius 2 is 1.94 bits per heavy atom. The highest BCUT2D eigenvalue weighted by Crippen LogP contribution is 2.11. The smallest absolute Gasteiger partial charge is 0.335 e. The number of carbonyl (C=O) groups excluding carboxylic acids is 1. The Balaban J connectivity index is 1.99. The summed E-state index contributed by atoms with van der Waals surface area (Å²) >= 11 is 0. The average Bonchev–Trinajstić information content (AvgIpc) is 2.15. The van der Waals surface area contributed by atoms with Crippen molar-refractivity contribution in [3.05, 3.63) is 29.8 Å². The van der Waals surface area contributed by atoms with E-state index in [1.165, 1.54) is 12.1 Å². The molecule has 0 bridgehead atoms. The largest absolute Gasteiger partial charge is 0.478 e. The highest BCUT2D eigenvalue weighted by atomic mass is 16.4. The van der Waals surface area contributed by atoms with E-state index in [0.29, 0.717) is 5.69 Å². The predicted octanol–water partition coefficient (Wildman–Crippen LogP) is 0.685. The van der Waals surface area contributed by atoms with Crippen molar-refractivity contribution in [3.63, 3.8) is 0 Å². The molecule has 1 aliphatic rings. The molecule has 0 unspecified atom stereocenters. The third-order valence-corrected chi connectivity index (χ3v) is 2.54. The first-order valence-corrected chi connectivity index (χ1v) is 5.04. The second-order valence-corrected chi connectivity index (χ2v) is 3.67. The summed E-state index contributed by atoms with van der Waals surface area (Å²) < 4.78 is 0. The normalized spacial score (nSPS) is 18.6. The predicted molar refractivity (Wildman–Crippen MR) is 58.4 cm³/mol. The number of amides is 1. The Kier molecular flexibility index (Phi) is 2.87. The molecule has 5 nitrogen and oxygen atoms in total. The minimum Gasteiger partial charge on any atom is -0.478 e. The second kappa shape index (κ2) is 4.32. The summed E-state index contributed by atoms with van der Waals surface area (Å²) in [7, 11) is 0. The van der Waals surface area contributed by atoms with Crippen LogP contribution in [0.25, 0.3) is 0 Å². The highest BCUT2D eigenvalue weighted by Gasteiger charge is 2.24. The van der Waals surface area contributed by atoms with E-state index in [2.05, 4.69) is 10.6 Å².